The largest absolute Gasteiger partial charge is 0.437 e. The molecule has 12 heteroatoms. The van der Waals surface area contributed by atoms with Crippen LogP contribution in [0, 0.1) is 17.1 Å². The summed E-state index contributed by atoms with van der Waals surface area (Å²) in [5, 5.41) is 13.2. The molecule has 170 valence electrons. The molecule has 1 aliphatic heterocycles. The quantitative estimate of drug-likeness (QED) is 0.544. The molecule has 0 aliphatic carbocycles. The third kappa shape index (κ3) is 4.55. The fourth-order valence-corrected chi connectivity index (χ4v) is 5.01. The predicted octanol–water partition coefficient (Wildman–Crippen LogP) is 1.05. The van der Waals surface area contributed by atoms with Gasteiger partial charge in [-0.05, 0) is 36.4 Å². The van der Waals surface area contributed by atoms with Crippen LogP contribution >= 0.6 is 0 Å². The monoisotopic (exact) mass is 471 g/mol. The molecule has 0 N–H and O–H groups in total. The van der Waals surface area contributed by atoms with Gasteiger partial charge >= 0.3 is 5.76 Å². The van der Waals surface area contributed by atoms with Crippen LogP contribution in [0.2, 0.25) is 0 Å². The molecule has 1 aliphatic rings. The molecule has 2 heterocycles. The second kappa shape index (κ2) is 8.97. The number of aromatic nitrogens is 2. The Bertz CT molecular complexity index is 1380. The molecule has 1 saturated heterocycles. The Morgan fingerprint density at radius 2 is 1.76 bits per heavy atom. The van der Waals surface area contributed by atoms with Crippen LogP contribution in [0.3, 0.4) is 0 Å². The molecule has 0 unspecified atom stereocenters. The zero-order valence-corrected chi connectivity index (χ0v) is 18.0. The van der Waals surface area contributed by atoms with E-state index in [0.29, 0.717) is 5.56 Å². The van der Waals surface area contributed by atoms with Crippen LogP contribution in [-0.4, -0.2) is 59.5 Å². The average Bonchev–Trinajstić information content (AvgIpc) is 3.19. The third-order valence-electron chi connectivity index (χ3n) is 5.20. The van der Waals surface area contributed by atoms with Gasteiger partial charge in [0.15, 0.2) is 0 Å². The Balaban J connectivity index is 1.42. The standard InChI is InChI=1S/C21H18FN5O5S/c22-17-7-5-15(6-8-17)20-24-27(21(29)32-20)14-19(28)25-9-11-26(12-10-25)33(30,31)18-4-2-1-3-16(18)13-23/h1-8H,9-12,14H2. The first-order chi connectivity index (χ1) is 15.8. The minimum absolute atomic E-state index is 0.0418. The number of hydrogen-bond acceptors (Lipinski definition) is 7. The number of halogens is 1. The summed E-state index contributed by atoms with van der Waals surface area (Å²) in [5.41, 5.74) is 0.439. The maximum absolute atomic E-state index is 13.1. The van der Waals surface area contributed by atoms with Crippen LogP contribution in [-0.2, 0) is 21.4 Å². The Hall–Kier alpha value is -3.82. The number of benzene rings is 2. The summed E-state index contributed by atoms with van der Waals surface area (Å²) in [6, 6.07) is 13.0. The fraction of sp³-hybridized carbons (Fsp3) is 0.238. The van der Waals surface area contributed by atoms with E-state index in [1.165, 1.54) is 45.6 Å². The summed E-state index contributed by atoms with van der Waals surface area (Å²) in [6.07, 6.45) is 0. The van der Waals surface area contributed by atoms with Gasteiger partial charge in [-0.1, -0.05) is 12.1 Å². The maximum Gasteiger partial charge on any atom is 0.437 e. The van der Waals surface area contributed by atoms with Gasteiger partial charge in [-0.3, -0.25) is 4.79 Å². The van der Waals surface area contributed by atoms with Gasteiger partial charge in [0.1, 0.15) is 18.4 Å². The van der Waals surface area contributed by atoms with Crippen molar-refractivity contribution in [2.45, 2.75) is 11.4 Å². The maximum atomic E-state index is 13.1. The Labute approximate surface area is 188 Å². The van der Waals surface area contributed by atoms with Crippen LogP contribution in [0.15, 0.2) is 62.6 Å². The van der Waals surface area contributed by atoms with Crippen molar-refractivity contribution in [1.29, 1.82) is 5.26 Å². The number of carbonyl (C=O) groups excluding carboxylic acids is 1. The molecule has 4 rings (SSSR count). The van der Waals surface area contributed by atoms with Crippen LogP contribution in [0.5, 0.6) is 0 Å². The fourth-order valence-electron chi connectivity index (χ4n) is 3.44. The number of sulfonamides is 1. The van der Waals surface area contributed by atoms with E-state index >= 15 is 0 Å². The normalized spacial score (nSPS) is 14.7. The number of carbonyl (C=O) groups is 1. The van der Waals surface area contributed by atoms with Gasteiger partial charge < -0.3 is 9.32 Å². The van der Waals surface area contributed by atoms with E-state index in [9.17, 15) is 27.7 Å². The van der Waals surface area contributed by atoms with Crippen molar-refractivity contribution in [3.63, 3.8) is 0 Å². The van der Waals surface area contributed by atoms with E-state index in [1.54, 1.807) is 12.1 Å². The van der Waals surface area contributed by atoms with Crippen LogP contribution < -0.4 is 5.76 Å². The van der Waals surface area contributed by atoms with Crippen molar-refractivity contribution in [2.75, 3.05) is 26.2 Å². The summed E-state index contributed by atoms with van der Waals surface area (Å²) >= 11 is 0. The van der Waals surface area contributed by atoms with Gasteiger partial charge in [0.25, 0.3) is 0 Å². The zero-order chi connectivity index (χ0) is 23.6. The lowest BCUT2D eigenvalue weighted by Gasteiger charge is -2.34. The Kier molecular flexibility index (Phi) is 6.08. The van der Waals surface area contributed by atoms with Gasteiger partial charge in [0.2, 0.25) is 21.8 Å². The van der Waals surface area contributed by atoms with Crippen LogP contribution in [0.25, 0.3) is 11.5 Å². The highest BCUT2D eigenvalue weighted by atomic mass is 32.2. The molecule has 0 radical (unpaired) electrons. The number of piperazine rings is 1. The molecule has 1 amide bonds. The molecule has 10 nitrogen and oxygen atoms in total. The molecular weight excluding hydrogens is 453 g/mol. The SMILES string of the molecule is N#Cc1ccccc1S(=O)(=O)N1CCN(C(=O)Cn2nc(-c3ccc(F)cc3)oc2=O)CC1. The van der Waals surface area contributed by atoms with Crippen molar-refractivity contribution in [1.82, 2.24) is 19.0 Å². The molecular formula is C21H18FN5O5S. The van der Waals surface area contributed by atoms with Gasteiger partial charge in [0, 0.05) is 31.7 Å². The van der Waals surface area contributed by atoms with Crippen LogP contribution in [0.1, 0.15) is 5.56 Å². The molecule has 0 atom stereocenters. The number of rotatable bonds is 5. The molecule has 33 heavy (non-hydrogen) atoms. The number of amides is 1. The Morgan fingerprint density at radius 1 is 1.09 bits per heavy atom. The van der Waals surface area contributed by atoms with E-state index in [-0.39, 0.29) is 49.1 Å². The highest BCUT2D eigenvalue weighted by Gasteiger charge is 2.32. The highest BCUT2D eigenvalue weighted by molar-refractivity contribution is 7.89. The third-order valence-corrected chi connectivity index (χ3v) is 7.16. The van der Waals surface area contributed by atoms with Crippen molar-refractivity contribution in [2.24, 2.45) is 0 Å². The van der Waals surface area contributed by atoms with Crippen molar-refractivity contribution in [3.8, 4) is 17.5 Å². The summed E-state index contributed by atoms with van der Waals surface area (Å²) in [7, 11) is -3.89. The minimum Gasteiger partial charge on any atom is -0.388 e. The highest BCUT2D eigenvalue weighted by Crippen LogP contribution is 2.21. The van der Waals surface area contributed by atoms with E-state index in [4.69, 9.17) is 4.42 Å². The van der Waals surface area contributed by atoms with E-state index in [0.717, 1.165) is 4.68 Å². The van der Waals surface area contributed by atoms with Crippen molar-refractivity contribution in [3.05, 3.63) is 70.5 Å². The summed E-state index contributed by atoms with van der Waals surface area (Å²) in [5.74, 6) is -1.75. The van der Waals surface area contributed by atoms with Gasteiger partial charge in [-0.15, -0.1) is 5.10 Å². The predicted molar refractivity (Wildman–Crippen MR) is 113 cm³/mol. The van der Waals surface area contributed by atoms with E-state index in [2.05, 4.69) is 5.10 Å². The van der Waals surface area contributed by atoms with Crippen molar-refractivity contribution < 1.29 is 22.0 Å². The summed E-state index contributed by atoms with van der Waals surface area (Å²) < 4.78 is 46.1. The van der Waals surface area contributed by atoms with E-state index in [1.807, 2.05) is 6.07 Å². The molecule has 1 aromatic heterocycles. The molecule has 0 saturated carbocycles. The average molecular weight is 471 g/mol. The topological polar surface area (TPSA) is 130 Å². The molecule has 2 aromatic carbocycles. The minimum atomic E-state index is -3.89. The second-order valence-corrected chi connectivity index (χ2v) is 9.14. The van der Waals surface area contributed by atoms with Gasteiger partial charge in [0.05, 0.1) is 10.5 Å². The summed E-state index contributed by atoms with van der Waals surface area (Å²) in [6.45, 7) is -0.0628. The van der Waals surface area contributed by atoms with Gasteiger partial charge in [-0.25, -0.2) is 17.6 Å². The summed E-state index contributed by atoms with van der Waals surface area (Å²) in [4.78, 5) is 26.1. The second-order valence-electron chi connectivity index (χ2n) is 7.23. The molecule has 0 spiro atoms. The van der Waals surface area contributed by atoms with Crippen molar-refractivity contribution >= 4 is 15.9 Å². The number of nitriles is 1. The molecule has 3 aromatic rings. The number of hydrogen-bond donors (Lipinski definition) is 0. The first-order valence-electron chi connectivity index (χ1n) is 9.90. The molecule has 0 bridgehead atoms. The first kappa shape index (κ1) is 22.4. The smallest absolute Gasteiger partial charge is 0.388 e. The lowest BCUT2D eigenvalue weighted by molar-refractivity contribution is -0.133. The zero-order valence-electron chi connectivity index (χ0n) is 17.2. The molecule has 1 fully saturated rings. The Morgan fingerprint density at radius 3 is 2.42 bits per heavy atom. The lowest BCUT2D eigenvalue weighted by atomic mass is 10.2. The van der Waals surface area contributed by atoms with Gasteiger partial charge in [-0.2, -0.15) is 14.2 Å². The number of nitrogens with zero attached hydrogens (tertiary/aromatic N) is 5. The van der Waals surface area contributed by atoms with Crippen LogP contribution in [0.4, 0.5) is 4.39 Å². The lowest BCUT2D eigenvalue weighted by Crippen LogP contribution is -2.51. The van der Waals surface area contributed by atoms with E-state index < -0.39 is 27.5 Å². The first-order valence-corrected chi connectivity index (χ1v) is 11.3.